The summed E-state index contributed by atoms with van der Waals surface area (Å²) in [6, 6.07) is 0. The van der Waals surface area contributed by atoms with E-state index in [0.29, 0.717) is 11.0 Å². The Hall–Kier alpha value is -0.790. The molecule has 11 heavy (non-hydrogen) atoms. The highest BCUT2D eigenvalue weighted by Gasteiger charge is 2.43. The average Bonchev–Trinajstić information content (AvgIpc) is 2.70. The molecule has 0 unspecified atom stereocenters. The lowest BCUT2D eigenvalue weighted by Crippen LogP contribution is -2.11. The number of hydrogen-bond donors (Lipinski definition) is 1. The maximum absolute atomic E-state index is 10.5. The molecule has 1 fully saturated rings. The Labute approximate surface area is 65.9 Å². The van der Waals surface area contributed by atoms with Crippen LogP contribution in [0.4, 0.5) is 0 Å². The molecule has 0 saturated heterocycles. The molecule has 2 rings (SSSR count). The molecule has 0 aliphatic heterocycles. The molecule has 0 radical (unpaired) electrons. The number of carboxylic acids is 1. The van der Waals surface area contributed by atoms with Crippen molar-refractivity contribution in [3.63, 3.8) is 0 Å². The summed E-state index contributed by atoms with van der Waals surface area (Å²) in [5.74, 6) is -0.722. The smallest absolute Gasteiger partial charge is 0.331 e. The van der Waals surface area contributed by atoms with Crippen LogP contribution in [0.5, 0.6) is 0 Å². The van der Waals surface area contributed by atoms with Crippen LogP contribution in [0.25, 0.3) is 0 Å². The molecule has 0 aromatic rings. The molecule has 2 aliphatic rings. The first-order valence-electron chi connectivity index (χ1n) is 4.14. The van der Waals surface area contributed by atoms with Gasteiger partial charge in [0.25, 0.3) is 0 Å². The van der Waals surface area contributed by atoms with Crippen LogP contribution < -0.4 is 0 Å². The van der Waals surface area contributed by atoms with Crippen molar-refractivity contribution in [1.29, 1.82) is 0 Å². The largest absolute Gasteiger partial charge is 0.478 e. The minimum absolute atomic E-state index is 0.555. The van der Waals surface area contributed by atoms with E-state index in [4.69, 9.17) is 5.11 Å². The van der Waals surface area contributed by atoms with Crippen molar-refractivity contribution in [2.24, 2.45) is 5.41 Å². The fourth-order valence-electron chi connectivity index (χ4n) is 1.77. The lowest BCUT2D eigenvalue weighted by molar-refractivity contribution is -0.132. The van der Waals surface area contributed by atoms with Gasteiger partial charge in [-0.3, -0.25) is 0 Å². The Bertz CT molecular complexity index is 224. The number of allylic oxidation sites excluding steroid dienone is 1. The first kappa shape index (κ1) is 6.89. The van der Waals surface area contributed by atoms with Crippen LogP contribution >= 0.6 is 0 Å². The quantitative estimate of drug-likeness (QED) is 0.623. The fourth-order valence-corrected chi connectivity index (χ4v) is 1.77. The van der Waals surface area contributed by atoms with Crippen molar-refractivity contribution in [1.82, 2.24) is 0 Å². The molecule has 1 saturated carbocycles. The van der Waals surface area contributed by atoms with Gasteiger partial charge in [0.1, 0.15) is 0 Å². The molecule has 2 heteroatoms. The molecule has 1 N–H and O–H groups in total. The summed E-state index contributed by atoms with van der Waals surface area (Å²) >= 11 is 0. The molecule has 2 nitrogen and oxygen atoms in total. The highest BCUT2D eigenvalue weighted by molar-refractivity contribution is 5.86. The lowest BCUT2D eigenvalue weighted by Gasteiger charge is -2.18. The van der Waals surface area contributed by atoms with Crippen molar-refractivity contribution >= 4 is 5.97 Å². The normalized spacial score (nSPS) is 26.4. The molecular weight excluding hydrogens is 140 g/mol. The maximum Gasteiger partial charge on any atom is 0.331 e. The fraction of sp³-hybridized carbons (Fsp3) is 0.667. The van der Waals surface area contributed by atoms with Gasteiger partial charge in [-0.15, -0.1) is 0 Å². The first-order chi connectivity index (χ1) is 5.22. The third-order valence-electron chi connectivity index (χ3n) is 2.94. The zero-order valence-corrected chi connectivity index (χ0v) is 6.47. The second-order valence-corrected chi connectivity index (χ2v) is 3.74. The standard InChI is InChI=1S/C9H12O2/c10-8(11)7-1-3-9(4-2-7)5-6-9/h1H,2-6H2,(H,10,11). The summed E-state index contributed by atoms with van der Waals surface area (Å²) < 4.78 is 0. The van der Waals surface area contributed by atoms with Gasteiger partial charge in [-0.05, 0) is 37.5 Å². The molecule has 2 aliphatic carbocycles. The molecule has 1 spiro atoms. The monoisotopic (exact) mass is 152 g/mol. The molecule has 0 atom stereocenters. The van der Waals surface area contributed by atoms with Gasteiger partial charge in [-0.2, -0.15) is 0 Å². The first-order valence-corrected chi connectivity index (χ1v) is 4.14. The van der Waals surface area contributed by atoms with Crippen molar-refractivity contribution in [2.75, 3.05) is 0 Å². The minimum Gasteiger partial charge on any atom is -0.478 e. The summed E-state index contributed by atoms with van der Waals surface area (Å²) in [4.78, 5) is 10.5. The van der Waals surface area contributed by atoms with Gasteiger partial charge in [0.05, 0.1) is 0 Å². The van der Waals surface area contributed by atoms with Gasteiger partial charge in [-0.25, -0.2) is 4.79 Å². The SMILES string of the molecule is O=C(O)C1=CCC2(CC1)CC2. The van der Waals surface area contributed by atoms with Crippen LogP contribution in [0.1, 0.15) is 32.1 Å². The molecule has 0 aromatic carbocycles. The van der Waals surface area contributed by atoms with Crippen LogP contribution in [-0.4, -0.2) is 11.1 Å². The topological polar surface area (TPSA) is 37.3 Å². The summed E-state index contributed by atoms with van der Waals surface area (Å²) in [6.07, 6.45) is 7.45. The summed E-state index contributed by atoms with van der Waals surface area (Å²) in [5.41, 5.74) is 1.18. The minimum atomic E-state index is -0.722. The van der Waals surface area contributed by atoms with Crippen LogP contribution in [0.15, 0.2) is 11.6 Å². The number of rotatable bonds is 1. The zero-order valence-electron chi connectivity index (χ0n) is 6.47. The Kier molecular flexibility index (Phi) is 1.31. The van der Waals surface area contributed by atoms with Gasteiger partial charge in [0.2, 0.25) is 0 Å². The van der Waals surface area contributed by atoms with E-state index in [1.807, 2.05) is 6.08 Å². The molecule has 0 aromatic heterocycles. The van der Waals surface area contributed by atoms with E-state index in [-0.39, 0.29) is 0 Å². The third kappa shape index (κ3) is 1.17. The molecule has 0 bridgehead atoms. The van der Waals surface area contributed by atoms with Crippen molar-refractivity contribution in [2.45, 2.75) is 32.1 Å². The third-order valence-corrected chi connectivity index (χ3v) is 2.94. The van der Waals surface area contributed by atoms with Crippen molar-refractivity contribution in [3.8, 4) is 0 Å². The number of aliphatic carboxylic acids is 1. The second-order valence-electron chi connectivity index (χ2n) is 3.74. The predicted molar refractivity (Wildman–Crippen MR) is 41.2 cm³/mol. The van der Waals surface area contributed by atoms with Gasteiger partial charge >= 0.3 is 5.97 Å². The predicted octanol–water partition coefficient (Wildman–Crippen LogP) is 1.96. The number of carboxylic acid groups (broad SMARTS) is 1. The summed E-state index contributed by atoms with van der Waals surface area (Å²) in [6.45, 7) is 0. The van der Waals surface area contributed by atoms with E-state index in [9.17, 15) is 4.79 Å². The average molecular weight is 152 g/mol. The van der Waals surface area contributed by atoms with Gasteiger partial charge in [0.15, 0.2) is 0 Å². The number of carbonyl (C=O) groups is 1. The Morgan fingerprint density at radius 1 is 1.45 bits per heavy atom. The van der Waals surface area contributed by atoms with E-state index >= 15 is 0 Å². The molecule has 0 heterocycles. The van der Waals surface area contributed by atoms with Crippen molar-refractivity contribution in [3.05, 3.63) is 11.6 Å². The van der Waals surface area contributed by atoms with Gasteiger partial charge in [0, 0.05) is 5.57 Å². The highest BCUT2D eigenvalue weighted by Crippen LogP contribution is 2.55. The lowest BCUT2D eigenvalue weighted by atomic mass is 9.87. The Morgan fingerprint density at radius 2 is 2.18 bits per heavy atom. The molecular formula is C9H12O2. The Morgan fingerprint density at radius 3 is 2.55 bits per heavy atom. The molecule has 60 valence electrons. The highest BCUT2D eigenvalue weighted by atomic mass is 16.4. The van der Waals surface area contributed by atoms with Crippen LogP contribution in [0, 0.1) is 5.41 Å². The number of hydrogen-bond acceptors (Lipinski definition) is 1. The van der Waals surface area contributed by atoms with E-state index in [1.165, 1.54) is 12.8 Å². The van der Waals surface area contributed by atoms with Crippen LogP contribution in [0.3, 0.4) is 0 Å². The van der Waals surface area contributed by atoms with Crippen LogP contribution in [-0.2, 0) is 4.79 Å². The van der Waals surface area contributed by atoms with E-state index < -0.39 is 5.97 Å². The van der Waals surface area contributed by atoms with Gasteiger partial charge < -0.3 is 5.11 Å². The van der Waals surface area contributed by atoms with E-state index in [1.54, 1.807) is 0 Å². The Balaban J connectivity index is 2.06. The summed E-state index contributed by atoms with van der Waals surface area (Å²) in [7, 11) is 0. The zero-order chi connectivity index (χ0) is 7.90. The maximum atomic E-state index is 10.5. The van der Waals surface area contributed by atoms with E-state index in [0.717, 1.165) is 19.3 Å². The van der Waals surface area contributed by atoms with Crippen LogP contribution in [0.2, 0.25) is 0 Å². The van der Waals surface area contributed by atoms with Crippen molar-refractivity contribution < 1.29 is 9.90 Å². The molecule has 0 amide bonds. The van der Waals surface area contributed by atoms with Gasteiger partial charge in [-0.1, -0.05) is 6.08 Å². The second kappa shape index (κ2) is 2.10. The van der Waals surface area contributed by atoms with E-state index in [2.05, 4.69) is 0 Å². The summed E-state index contributed by atoms with van der Waals surface area (Å²) in [5, 5.41) is 8.66.